The maximum Gasteiger partial charge on any atom is 0.138 e. The van der Waals surface area contributed by atoms with Gasteiger partial charge in [-0.25, -0.2) is 4.39 Å². The monoisotopic (exact) mass is 295 g/mol. The van der Waals surface area contributed by atoms with Crippen molar-refractivity contribution in [2.75, 3.05) is 18.5 Å². The number of aliphatic hydroxyl groups excluding tert-OH is 1. The van der Waals surface area contributed by atoms with E-state index in [1.165, 1.54) is 12.1 Å². The highest BCUT2D eigenvalue weighted by molar-refractivity contribution is 6.32. The molecule has 2 rings (SSSR count). The van der Waals surface area contributed by atoms with Crippen LogP contribution in [-0.2, 0) is 0 Å². The van der Waals surface area contributed by atoms with Gasteiger partial charge < -0.3 is 15.2 Å². The van der Waals surface area contributed by atoms with Gasteiger partial charge in [0, 0.05) is 12.2 Å². The van der Waals surface area contributed by atoms with Crippen LogP contribution < -0.4 is 10.1 Å². The first-order chi connectivity index (χ1) is 9.65. The van der Waals surface area contributed by atoms with Crippen molar-refractivity contribution in [3.8, 4) is 5.75 Å². The van der Waals surface area contributed by atoms with Crippen LogP contribution in [0, 0.1) is 5.82 Å². The van der Waals surface area contributed by atoms with Crippen LogP contribution in [0.5, 0.6) is 5.75 Å². The molecule has 106 valence electrons. The molecular formula is C15H15ClFNO2. The van der Waals surface area contributed by atoms with Crippen LogP contribution in [0.1, 0.15) is 0 Å². The van der Waals surface area contributed by atoms with Crippen molar-refractivity contribution in [3.63, 3.8) is 0 Å². The second-order valence-corrected chi connectivity index (χ2v) is 4.69. The van der Waals surface area contributed by atoms with Crippen molar-refractivity contribution in [1.29, 1.82) is 0 Å². The summed E-state index contributed by atoms with van der Waals surface area (Å²) in [5.74, 6) is 0.204. The fourth-order valence-corrected chi connectivity index (χ4v) is 1.83. The molecule has 0 heterocycles. The third kappa shape index (κ3) is 4.40. The Labute approximate surface area is 122 Å². The van der Waals surface area contributed by atoms with Crippen molar-refractivity contribution in [3.05, 3.63) is 59.4 Å². The molecule has 1 atom stereocenters. The van der Waals surface area contributed by atoms with Crippen LogP contribution in [0.15, 0.2) is 48.5 Å². The summed E-state index contributed by atoms with van der Waals surface area (Å²) in [7, 11) is 0. The van der Waals surface area contributed by atoms with E-state index in [4.69, 9.17) is 16.3 Å². The van der Waals surface area contributed by atoms with Gasteiger partial charge in [0.25, 0.3) is 0 Å². The smallest absolute Gasteiger partial charge is 0.138 e. The van der Waals surface area contributed by atoms with Crippen molar-refractivity contribution < 1.29 is 14.2 Å². The zero-order chi connectivity index (χ0) is 14.4. The average molecular weight is 296 g/mol. The van der Waals surface area contributed by atoms with Crippen LogP contribution in [-0.4, -0.2) is 24.4 Å². The Morgan fingerprint density at radius 1 is 1.20 bits per heavy atom. The molecule has 0 aromatic heterocycles. The molecule has 2 aromatic carbocycles. The van der Waals surface area contributed by atoms with Gasteiger partial charge in [-0.15, -0.1) is 0 Å². The minimum absolute atomic E-state index is 0.103. The van der Waals surface area contributed by atoms with E-state index in [2.05, 4.69) is 5.32 Å². The number of hydrogen-bond donors (Lipinski definition) is 2. The minimum Gasteiger partial charge on any atom is -0.489 e. The summed E-state index contributed by atoms with van der Waals surface area (Å²) in [6, 6.07) is 13.1. The summed E-state index contributed by atoms with van der Waals surface area (Å²) in [6.07, 6.45) is -0.727. The Morgan fingerprint density at radius 2 is 2.00 bits per heavy atom. The zero-order valence-electron chi connectivity index (χ0n) is 10.7. The summed E-state index contributed by atoms with van der Waals surface area (Å²) in [4.78, 5) is 0. The van der Waals surface area contributed by atoms with E-state index in [1.807, 2.05) is 0 Å². The van der Waals surface area contributed by atoms with Crippen molar-refractivity contribution in [2.45, 2.75) is 6.10 Å². The number of aliphatic hydroxyl groups is 1. The van der Waals surface area contributed by atoms with Gasteiger partial charge in [-0.1, -0.05) is 29.8 Å². The Morgan fingerprint density at radius 3 is 2.75 bits per heavy atom. The molecule has 1 unspecified atom stereocenters. The fraction of sp³-hybridized carbons (Fsp3) is 0.200. The third-order valence-corrected chi connectivity index (χ3v) is 2.95. The number of halogens is 2. The lowest BCUT2D eigenvalue weighted by atomic mass is 10.3. The van der Waals surface area contributed by atoms with Crippen LogP contribution >= 0.6 is 11.6 Å². The van der Waals surface area contributed by atoms with Gasteiger partial charge in [0.2, 0.25) is 0 Å². The molecule has 0 spiro atoms. The molecule has 0 saturated heterocycles. The summed E-state index contributed by atoms with van der Waals surface area (Å²) in [5, 5.41) is 13.2. The van der Waals surface area contributed by atoms with Gasteiger partial charge in [-0.2, -0.15) is 0 Å². The number of hydrogen-bond acceptors (Lipinski definition) is 3. The van der Waals surface area contributed by atoms with E-state index < -0.39 is 6.10 Å². The molecule has 2 N–H and O–H groups in total. The van der Waals surface area contributed by atoms with Crippen molar-refractivity contribution in [2.24, 2.45) is 0 Å². The van der Waals surface area contributed by atoms with Crippen LogP contribution in [0.2, 0.25) is 5.02 Å². The molecule has 2 aromatic rings. The van der Waals surface area contributed by atoms with Gasteiger partial charge >= 0.3 is 0 Å². The standard InChI is InChI=1S/C15H15ClFNO2/c16-14-6-1-2-7-15(14)20-10-13(19)9-18-12-5-3-4-11(17)8-12/h1-8,13,18-19H,9-10H2. The molecule has 3 nitrogen and oxygen atoms in total. The Kier molecular flexibility index (Phi) is 5.21. The number of rotatable bonds is 6. The maximum absolute atomic E-state index is 13.0. The van der Waals surface area contributed by atoms with E-state index in [-0.39, 0.29) is 19.0 Å². The number of benzene rings is 2. The van der Waals surface area contributed by atoms with Crippen molar-refractivity contribution in [1.82, 2.24) is 0 Å². The molecule has 0 aliphatic heterocycles. The van der Waals surface area contributed by atoms with E-state index in [0.717, 1.165) is 0 Å². The first-order valence-corrected chi connectivity index (χ1v) is 6.58. The topological polar surface area (TPSA) is 41.5 Å². The summed E-state index contributed by atoms with van der Waals surface area (Å²) in [6.45, 7) is 0.361. The normalized spacial score (nSPS) is 11.9. The lowest BCUT2D eigenvalue weighted by Crippen LogP contribution is -2.26. The Bertz CT molecular complexity index is 565. The first-order valence-electron chi connectivity index (χ1n) is 6.20. The van der Waals surface area contributed by atoms with Gasteiger partial charge in [0.05, 0.1) is 5.02 Å². The van der Waals surface area contributed by atoms with Crippen molar-refractivity contribution >= 4 is 17.3 Å². The van der Waals surface area contributed by atoms with Crippen LogP contribution in [0.3, 0.4) is 0 Å². The summed E-state index contributed by atoms with van der Waals surface area (Å²) in [5.41, 5.74) is 0.613. The summed E-state index contributed by atoms with van der Waals surface area (Å²) >= 11 is 5.93. The van der Waals surface area contributed by atoms with Gasteiger partial charge in [-0.3, -0.25) is 0 Å². The van der Waals surface area contributed by atoms with Gasteiger partial charge in [0.1, 0.15) is 24.3 Å². The molecule has 20 heavy (non-hydrogen) atoms. The number of ether oxygens (including phenoxy) is 1. The Balaban J connectivity index is 1.78. The van der Waals surface area contributed by atoms with E-state index in [9.17, 15) is 9.50 Å². The average Bonchev–Trinajstić information content (AvgIpc) is 2.44. The molecule has 0 fully saturated rings. The maximum atomic E-state index is 13.0. The number of anilines is 1. The highest BCUT2D eigenvalue weighted by Crippen LogP contribution is 2.23. The third-order valence-electron chi connectivity index (χ3n) is 2.63. The summed E-state index contributed by atoms with van der Waals surface area (Å²) < 4.78 is 18.4. The van der Waals surface area contributed by atoms with Gasteiger partial charge in [-0.05, 0) is 30.3 Å². The van der Waals surface area contributed by atoms with E-state index >= 15 is 0 Å². The SMILES string of the molecule is OC(CNc1cccc(F)c1)COc1ccccc1Cl. The van der Waals surface area contributed by atoms with Crippen LogP contribution in [0.25, 0.3) is 0 Å². The highest BCUT2D eigenvalue weighted by atomic mass is 35.5. The predicted octanol–water partition coefficient (Wildman–Crippen LogP) is 3.33. The molecule has 0 radical (unpaired) electrons. The quantitative estimate of drug-likeness (QED) is 0.859. The minimum atomic E-state index is -0.727. The van der Waals surface area contributed by atoms with E-state index in [1.54, 1.807) is 36.4 Å². The molecule has 0 amide bonds. The molecular weight excluding hydrogens is 281 g/mol. The molecule has 0 bridgehead atoms. The second kappa shape index (κ2) is 7.12. The van der Waals surface area contributed by atoms with Crippen LogP contribution in [0.4, 0.5) is 10.1 Å². The lowest BCUT2D eigenvalue weighted by molar-refractivity contribution is 0.117. The molecule has 0 aliphatic carbocycles. The predicted molar refractivity (Wildman–Crippen MR) is 77.8 cm³/mol. The number of nitrogens with one attached hydrogen (secondary N) is 1. The second-order valence-electron chi connectivity index (χ2n) is 4.29. The highest BCUT2D eigenvalue weighted by Gasteiger charge is 2.07. The zero-order valence-corrected chi connectivity index (χ0v) is 11.5. The lowest BCUT2D eigenvalue weighted by Gasteiger charge is -2.14. The largest absolute Gasteiger partial charge is 0.489 e. The number of para-hydroxylation sites is 1. The molecule has 0 saturated carbocycles. The Hall–Kier alpha value is -1.78. The first kappa shape index (κ1) is 14.6. The van der Waals surface area contributed by atoms with E-state index in [0.29, 0.717) is 16.5 Å². The fourth-order valence-electron chi connectivity index (χ4n) is 1.64. The molecule has 5 heteroatoms. The van der Waals surface area contributed by atoms with Gasteiger partial charge in [0.15, 0.2) is 0 Å². The molecule has 0 aliphatic rings.